The second kappa shape index (κ2) is 5.45. The van der Waals surface area contributed by atoms with E-state index in [-0.39, 0.29) is 6.42 Å². The van der Waals surface area contributed by atoms with E-state index < -0.39 is 5.97 Å². The van der Waals surface area contributed by atoms with Gasteiger partial charge in [-0.15, -0.1) is 0 Å². The van der Waals surface area contributed by atoms with Crippen molar-refractivity contribution in [1.29, 1.82) is 0 Å². The molecule has 0 unspecified atom stereocenters. The number of halogens is 1. The van der Waals surface area contributed by atoms with E-state index in [1.165, 1.54) is 0 Å². The third-order valence-corrected chi connectivity index (χ3v) is 3.18. The third kappa shape index (κ3) is 3.15. The topological polar surface area (TPSA) is 55.1 Å². The number of rotatable bonds is 4. The Morgan fingerprint density at radius 2 is 2.16 bits per heavy atom. The molecule has 0 bridgehead atoms. The molecule has 0 spiro atoms. The van der Waals surface area contributed by atoms with Crippen molar-refractivity contribution in [1.82, 2.24) is 9.55 Å². The molecule has 5 heteroatoms. The first-order chi connectivity index (χ1) is 8.97. The molecule has 19 heavy (non-hydrogen) atoms. The number of imidazole rings is 1. The summed E-state index contributed by atoms with van der Waals surface area (Å²) in [7, 11) is 0. The Morgan fingerprint density at radius 1 is 1.42 bits per heavy atom. The maximum Gasteiger partial charge on any atom is 0.303 e. The molecule has 0 amide bonds. The first kappa shape index (κ1) is 13.6. The molecule has 100 valence electrons. The van der Waals surface area contributed by atoms with Gasteiger partial charge in [0.25, 0.3) is 0 Å². The molecule has 0 saturated heterocycles. The molecule has 0 saturated carbocycles. The summed E-state index contributed by atoms with van der Waals surface area (Å²) < 4.78 is 1.96. The highest BCUT2D eigenvalue weighted by Gasteiger charge is 2.09. The molecule has 0 aliphatic rings. The fraction of sp³-hybridized carbons (Fsp3) is 0.286. The van der Waals surface area contributed by atoms with Crippen molar-refractivity contribution in [2.24, 2.45) is 0 Å². The average Bonchev–Trinajstić information content (AvgIpc) is 2.68. The monoisotopic (exact) mass is 278 g/mol. The van der Waals surface area contributed by atoms with Gasteiger partial charge in [-0.1, -0.05) is 11.6 Å². The molecule has 1 aromatic carbocycles. The van der Waals surface area contributed by atoms with Gasteiger partial charge in [0.1, 0.15) is 5.82 Å². The van der Waals surface area contributed by atoms with Gasteiger partial charge in [0.05, 0.1) is 12.1 Å². The lowest BCUT2D eigenvalue weighted by Gasteiger charge is -2.08. The molecule has 2 rings (SSSR count). The Hall–Kier alpha value is -1.81. The number of nitrogens with zero attached hydrogens (tertiary/aromatic N) is 2. The zero-order valence-corrected chi connectivity index (χ0v) is 11.6. The summed E-state index contributed by atoms with van der Waals surface area (Å²) in [5.41, 5.74) is 2.85. The van der Waals surface area contributed by atoms with Crippen LogP contribution in [0.15, 0.2) is 24.4 Å². The molecule has 0 fully saturated rings. The number of hydrogen-bond donors (Lipinski definition) is 1. The van der Waals surface area contributed by atoms with E-state index in [0.29, 0.717) is 11.4 Å². The Balaban J connectivity index is 2.32. The van der Waals surface area contributed by atoms with Crippen LogP contribution in [0.25, 0.3) is 5.69 Å². The quantitative estimate of drug-likeness (QED) is 0.935. The van der Waals surface area contributed by atoms with Crippen molar-refractivity contribution in [2.75, 3.05) is 0 Å². The van der Waals surface area contributed by atoms with Gasteiger partial charge >= 0.3 is 5.97 Å². The van der Waals surface area contributed by atoms with E-state index in [1.54, 1.807) is 0 Å². The summed E-state index contributed by atoms with van der Waals surface area (Å²) in [6.45, 7) is 3.88. The summed E-state index contributed by atoms with van der Waals surface area (Å²) >= 11 is 5.94. The van der Waals surface area contributed by atoms with Crippen LogP contribution < -0.4 is 0 Å². The number of carboxylic acids is 1. The van der Waals surface area contributed by atoms with E-state index in [9.17, 15) is 4.79 Å². The lowest BCUT2D eigenvalue weighted by atomic mass is 10.2. The lowest BCUT2D eigenvalue weighted by Crippen LogP contribution is -1.98. The highest BCUT2D eigenvalue weighted by atomic mass is 35.5. The average molecular weight is 279 g/mol. The van der Waals surface area contributed by atoms with E-state index in [1.807, 2.05) is 42.8 Å². The standard InChI is InChI=1S/C14H15ClN2O2/c1-9-7-11(15)3-5-13(9)17-8-12(16-10(17)2)4-6-14(18)19/h3,5,7-8H,4,6H2,1-2H3,(H,18,19). The summed E-state index contributed by atoms with van der Waals surface area (Å²) in [6.07, 6.45) is 2.42. The molecule has 0 aliphatic carbocycles. The zero-order valence-electron chi connectivity index (χ0n) is 10.9. The zero-order chi connectivity index (χ0) is 14.0. The lowest BCUT2D eigenvalue weighted by molar-refractivity contribution is -0.136. The molecular formula is C14H15ClN2O2. The largest absolute Gasteiger partial charge is 0.481 e. The van der Waals surface area contributed by atoms with Crippen molar-refractivity contribution in [3.63, 3.8) is 0 Å². The van der Waals surface area contributed by atoms with Crippen LogP contribution in [-0.4, -0.2) is 20.6 Å². The van der Waals surface area contributed by atoms with Crippen molar-refractivity contribution in [3.8, 4) is 5.69 Å². The van der Waals surface area contributed by atoms with E-state index in [4.69, 9.17) is 16.7 Å². The summed E-state index contributed by atoms with van der Waals surface area (Å²) in [5.74, 6) is 0.0284. The van der Waals surface area contributed by atoms with Gasteiger partial charge in [-0.25, -0.2) is 4.98 Å². The Labute approximate surface area is 116 Å². The number of benzene rings is 1. The fourth-order valence-corrected chi connectivity index (χ4v) is 2.25. The van der Waals surface area contributed by atoms with Gasteiger partial charge in [0.15, 0.2) is 0 Å². The number of aromatic nitrogens is 2. The molecule has 0 atom stereocenters. The molecule has 1 heterocycles. The normalized spacial score (nSPS) is 10.7. The van der Waals surface area contributed by atoms with Gasteiger partial charge in [0, 0.05) is 23.3 Å². The number of aryl methyl sites for hydroxylation is 3. The Bertz CT molecular complexity index is 620. The molecule has 4 nitrogen and oxygen atoms in total. The third-order valence-electron chi connectivity index (χ3n) is 2.95. The van der Waals surface area contributed by atoms with Crippen LogP contribution in [0, 0.1) is 13.8 Å². The van der Waals surface area contributed by atoms with Crippen LogP contribution in [0.2, 0.25) is 5.02 Å². The Kier molecular flexibility index (Phi) is 3.90. The second-order valence-electron chi connectivity index (χ2n) is 4.47. The summed E-state index contributed by atoms with van der Waals surface area (Å²) in [5, 5.41) is 9.39. The SMILES string of the molecule is Cc1cc(Cl)ccc1-n1cc(CCC(=O)O)nc1C. The predicted octanol–water partition coefficient (Wildman–Crippen LogP) is 3.16. The first-order valence-electron chi connectivity index (χ1n) is 6.00. The maximum atomic E-state index is 10.6. The number of hydrogen-bond acceptors (Lipinski definition) is 2. The van der Waals surface area contributed by atoms with E-state index >= 15 is 0 Å². The molecule has 0 radical (unpaired) electrons. The molecule has 0 aliphatic heterocycles. The number of carbonyl (C=O) groups is 1. The number of aliphatic carboxylic acids is 1. The van der Waals surface area contributed by atoms with Crippen molar-refractivity contribution < 1.29 is 9.90 Å². The van der Waals surface area contributed by atoms with Gasteiger partial charge in [0.2, 0.25) is 0 Å². The van der Waals surface area contributed by atoms with Crippen molar-refractivity contribution >= 4 is 17.6 Å². The van der Waals surface area contributed by atoms with E-state index in [0.717, 1.165) is 22.8 Å². The van der Waals surface area contributed by atoms with Crippen LogP contribution in [-0.2, 0) is 11.2 Å². The smallest absolute Gasteiger partial charge is 0.303 e. The Morgan fingerprint density at radius 3 is 2.79 bits per heavy atom. The van der Waals surface area contributed by atoms with Gasteiger partial charge in [-0.2, -0.15) is 0 Å². The van der Waals surface area contributed by atoms with Gasteiger partial charge < -0.3 is 9.67 Å². The van der Waals surface area contributed by atoms with Crippen LogP contribution in [0.4, 0.5) is 0 Å². The highest BCUT2D eigenvalue weighted by molar-refractivity contribution is 6.30. The van der Waals surface area contributed by atoms with Gasteiger partial charge in [-0.05, 0) is 37.6 Å². The molecule has 1 aromatic heterocycles. The van der Waals surface area contributed by atoms with Crippen molar-refractivity contribution in [2.45, 2.75) is 26.7 Å². The van der Waals surface area contributed by atoms with Crippen LogP contribution in [0.5, 0.6) is 0 Å². The first-order valence-corrected chi connectivity index (χ1v) is 6.38. The second-order valence-corrected chi connectivity index (χ2v) is 4.91. The van der Waals surface area contributed by atoms with Crippen LogP contribution >= 0.6 is 11.6 Å². The van der Waals surface area contributed by atoms with Crippen LogP contribution in [0.1, 0.15) is 23.5 Å². The highest BCUT2D eigenvalue weighted by Crippen LogP contribution is 2.21. The minimum Gasteiger partial charge on any atom is -0.481 e. The maximum absolute atomic E-state index is 10.6. The van der Waals surface area contributed by atoms with Crippen molar-refractivity contribution in [3.05, 3.63) is 46.5 Å². The minimum absolute atomic E-state index is 0.0933. The molecule has 2 aromatic rings. The summed E-state index contributed by atoms with van der Waals surface area (Å²) in [4.78, 5) is 15.0. The predicted molar refractivity (Wildman–Crippen MR) is 74.0 cm³/mol. The van der Waals surface area contributed by atoms with Crippen LogP contribution in [0.3, 0.4) is 0 Å². The van der Waals surface area contributed by atoms with Gasteiger partial charge in [-0.3, -0.25) is 4.79 Å². The summed E-state index contributed by atoms with van der Waals surface area (Å²) in [6, 6.07) is 5.67. The van der Waals surface area contributed by atoms with E-state index in [2.05, 4.69) is 4.98 Å². The molecule has 1 N–H and O–H groups in total. The fourth-order valence-electron chi connectivity index (χ4n) is 2.02. The number of carboxylic acid groups (broad SMARTS) is 1. The molecular weight excluding hydrogens is 264 g/mol. The minimum atomic E-state index is -0.810.